The molecule has 0 aromatic heterocycles. The zero-order chi connectivity index (χ0) is 10.4. The van der Waals surface area contributed by atoms with Crippen LogP contribution < -0.4 is 0 Å². The van der Waals surface area contributed by atoms with Gasteiger partial charge in [-0.2, -0.15) is 0 Å². The predicted molar refractivity (Wildman–Crippen MR) is 57.0 cm³/mol. The Morgan fingerprint density at radius 1 is 1.57 bits per heavy atom. The van der Waals surface area contributed by atoms with E-state index in [9.17, 15) is 4.79 Å². The molecule has 0 spiro atoms. The summed E-state index contributed by atoms with van der Waals surface area (Å²) >= 11 is 0. The van der Waals surface area contributed by atoms with Crippen molar-refractivity contribution in [2.45, 2.75) is 46.0 Å². The van der Waals surface area contributed by atoms with Crippen molar-refractivity contribution in [2.24, 2.45) is 5.41 Å². The van der Waals surface area contributed by atoms with Crippen molar-refractivity contribution in [3.63, 3.8) is 0 Å². The van der Waals surface area contributed by atoms with E-state index in [1.54, 1.807) is 0 Å². The molecule has 0 radical (unpaired) electrons. The molecule has 0 bridgehead atoms. The van der Waals surface area contributed by atoms with E-state index in [-0.39, 0.29) is 11.4 Å². The van der Waals surface area contributed by atoms with Gasteiger partial charge in [0.15, 0.2) is 0 Å². The molecule has 2 nitrogen and oxygen atoms in total. The summed E-state index contributed by atoms with van der Waals surface area (Å²) in [4.78, 5) is 11.4. The molecule has 0 saturated heterocycles. The van der Waals surface area contributed by atoms with Crippen LogP contribution in [0.3, 0.4) is 0 Å². The lowest BCUT2D eigenvalue weighted by molar-refractivity contribution is -0.145. The molecule has 1 unspecified atom stereocenters. The second kappa shape index (κ2) is 5.18. The summed E-state index contributed by atoms with van der Waals surface area (Å²) in [5.74, 6) is -0.0486. The minimum Gasteiger partial charge on any atom is -0.466 e. The highest BCUT2D eigenvalue weighted by molar-refractivity contribution is 5.70. The lowest BCUT2D eigenvalue weighted by Crippen LogP contribution is -2.18. The number of rotatable bonds is 5. The summed E-state index contributed by atoms with van der Waals surface area (Å²) in [6, 6.07) is 0. The van der Waals surface area contributed by atoms with Gasteiger partial charge in [-0.3, -0.25) is 4.79 Å². The van der Waals surface area contributed by atoms with Crippen molar-refractivity contribution < 1.29 is 9.53 Å². The Hall–Kier alpha value is -0.790. The number of allylic oxidation sites excluding steroid dienone is 2. The van der Waals surface area contributed by atoms with Gasteiger partial charge in [0, 0.05) is 0 Å². The minimum atomic E-state index is -0.0486. The van der Waals surface area contributed by atoms with Gasteiger partial charge in [0.1, 0.15) is 0 Å². The third-order valence-corrected chi connectivity index (χ3v) is 2.71. The molecule has 2 heteroatoms. The Kier molecular flexibility index (Phi) is 4.18. The first-order chi connectivity index (χ1) is 6.66. The molecule has 0 N–H and O–H groups in total. The highest BCUT2D eigenvalue weighted by Crippen LogP contribution is 2.34. The maximum Gasteiger partial charge on any atom is 0.306 e. The van der Waals surface area contributed by atoms with Gasteiger partial charge in [-0.15, -0.1) is 0 Å². The average molecular weight is 196 g/mol. The Morgan fingerprint density at radius 2 is 2.36 bits per heavy atom. The molecule has 0 heterocycles. The number of carbonyl (C=O) groups is 1. The Bertz CT molecular complexity index is 220. The van der Waals surface area contributed by atoms with Crippen molar-refractivity contribution in [1.82, 2.24) is 0 Å². The van der Waals surface area contributed by atoms with Gasteiger partial charge in [0.25, 0.3) is 0 Å². The normalized spacial score (nSPS) is 25.3. The fourth-order valence-electron chi connectivity index (χ4n) is 1.72. The van der Waals surface area contributed by atoms with Gasteiger partial charge in [0.05, 0.1) is 13.0 Å². The summed E-state index contributed by atoms with van der Waals surface area (Å²) < 4.78 is 5.14. The molecule has 0 aromatic carbocycles. The fraction of sp³-hybridized carbons (Fsp3) is 0.750. The number of esters is 1. The summed E-state index contributed by atoms with van der Waals surface area (Å²) in [6.07, 6.45) is 9.05. The smallest absolute Gasteiger partial charge is 0.306 e. The molecular weight excluding hydrogens is 176 g/mol. The lowest BCUT2D eigenvalue weighted by atomic mass is 9.87. The van der Waals surface area contributed by atoms with E-state index in [0.717, 1.165) is 25.7 Å². The second-order valence-corrected chi connectivity index (χ2v) is 4.35. The number of ether oxygens (including phenoxy) is 1. The van der Waals surface area contributed by atoms with Gasteiger partial charge in [-0.25, -0.2) is 0 Å². The quantitative estimate of drug-likeness (QED) is 0.384. The second-order valence-electron chi connectivity index (χ2n) is 4.35. The molecular formula is C12H20O2. The van der Waals surface area contributed by atoms with Gasteiger partial charge in [-0.05, 0) is 24.7 Å². The maximum absolute atomic E-state index is 11.4. The fourth-order valence-corrected chi connectivity index (χ4v) is 1.72. The van der Waals surface area contributed by atoms with Crippen molar-refractivity contribution in [1.29, 1.82) is 0 Å². The zero-order valence-corrected chi connectivity index (χ0v) is 9.21. The Balaban J connectivity index is 2.22. The summed E-state index contributed by atoms with van der Waals surface area (Å²) in [7, 11) is 0. The largest absolute Gasteiger partial charge is 0.466 e. The zero-order valence-electron chi connectivity index (χ0n) is 9.21. The standard InChI is InChI=1S/C12H20O2/c1-3-4-9-14-11(13)10-12(2)7-5-6-8-12/h5,7H,3-4,6,8-10H2,1-2H3. The van der Waals surface area contributed by atoms with Gasteiger partial charge >= 0.3 is 5.97 Å². The topological polar surface area (TPSA) is 26.3 Å². The minimum absolute atomic E-state index is 0.0486. The molecule has 1 aliphatic rings. The van der Waals surface area contributed by atoms with E-state index >= 15 is 0 Å². The van der Waals surface area contributed by atoms with E-state index in [0.29, 0.717) is 13.0 Å². The van der Waals surface area contributed by atoms with Crippen molar-refractivity contribution >= 4 is 5.97 Å². The molecule has 1 rings (SSSR count). The molecule has 0 amide bonds. The van der Waals surface area contributed by atoms with E-state index in [2.05, 4.69) is 26.0 Å². The van der Waals surface area contributed by atoms with Crippen molar-refractivity contribution in [2.75, 3.05) is 6.61 Å². The van der Waals surface area contributed by atoms with Crippen LogP contribution in [0.15, 0.2) is 12.2 Å². The van der Waals surface area contributed by atoms with Crippen LogP contribution in [0.2, 0.25) is 0 Å². The van der Waals surface area contributed by atoms with Gasteiger partial charge < -0.3 is 4.74 Å². The van der Waals surface area contributed by atoms with E-state index in [4.69, 9.17) is 4.74 Å². The van der Waals surface area contributed by atoms with Crippen LogP contribution in [0.4, 0.5) is 0 Å². The highest BCUT2D eigenvalue weighted by atomic mass is 16.5. The van der Waals surface area contributed by atoms with Crippen LogP contribution >= 0.6 is 0 Å². The maximum atomic E-state index is 11.4. The number of unbranched alkanes of at least 4 members (excludes halogenated alkanes) is 1. The van der Waals surface area contributed by atoms with Crippen LogP contribution in [0, 0.1) is 5.41 Å². The summed E-state index contributed by atoms with van der Waals surface area (Å²) in [6.45, 7) is 4.79. The molecule has 1 atom stereocenters. The monoisotopic (exact) mass is 196 g/mol. The van der Waals surface area contributed by atoms with Gasteiger partial charge in [-0.1, -0.05) is 32.4 Å². The predicted octanol–water partition coefficient (Wildman–Crippen LogP) is 3.08. The van der Waals surface area contributed by atoms with E-state index in [1.807, 2.05) is 0 Å². The third kappa shape index (κ3) is 3.52. The van der Waals surface area contributed by atoms with Crippen LogP contribution in [0.5, 0.6) is 0 Å². The third-order valence-electron chi connectivity index (χ3n) is 2.71. The van der Waals surface area contributed by atoms with E-state index < -0.39 is 0 Å². The van der Waals surface area contributed by atoms with Crippen LogP contribution in [0.25, 0.3) is 0 Å². The van der Waals surface area contributed by atoms with Crippen molar-refractivity contribution in [3.8, 4) is 0 Å². The number of hydrogen-bond donors (Lipinski definition) is 0. The molecule has 0 aliphatic heterocycles. The van der Waals surface area contributed by atoms with Gasteiger partial charge in [0.2, 0.25) is 0 Å². The summed E-state index contributed by atoms with van der Waals surface area (Å²) in [5, 5.41) is 0. The van der Waals surface area contributed by atoms with E-state index in [1.165, 1.54) is 0 Å². The molecule has 0 aromatic rings. The molecule has 0 fully saturated rings. The first-order valence-corrected chi connectivity index (χ1v) is 5.49. The van der Waals surface area contributed by atoms with Crippen LogP contribution in [-0.4, -0.2) is 12.6 Å². The highest BCUT2D eigenvalue weighted by Gasteiger charge is 2.27. The van der Waals surface area contributed by atoms with Crippen LogP contribution in [0.1, 0.15) is 46.0 Å². The number of hydrogen-bond acceptors (Lipinski definition) is 2. The first-order valence-electron chi connectivity index (χ1n) is 5.49. The molecule has 14 heavy (non-hydrogen) atoms. The van der Waals surface area contributed by atoms with Crippen molar-refractivity contribution in [3.05, 3.63) is 12.2 Å². The lowest BCUT2D eigenvalue weighted by Gasteiger charge is -2.20. The van der Waals surface area contributed by atoms with Crippen LogP contribution in [-0.2, 0) is 9.53 Å². The molecule has 1 aliphatic carbocycles. The number of carbonyl (C=O) groups excluding carboxylic acids is 1. The SMILES string of the molecule is CCCCOC(=O)CC1(C)C=CCC1. The first kappa shape index (κ1) is 11.3. The molecule has 80 valence electrons. The Labute approximate surface area is 86.3 Å². The Morgan fingerprint density at radius 3 is 2.93 bits per heavy atom. The molecule has 0 saturated carbocycles. The summed E-state index contributed by atoms with van der Waals surface area (Å²) in [5.41, 5.74) is 0.0588. The average Bonchev–Trinajstić information content (AvgIpc) is 2.52.